The van der Waals surface area contributed by atoms with Crippen molar-refractivity contribution in [3.05, 3.63) is 64.6 Å². The summed E-state index contributed by atoms with van der Waals surface area (Å²) in [6.45, 7) is 2.09. The van der Waals surface area contributed by atoms with E-state index in [2.05, 4.69) is 46.0 Å². The van der Waals surface area contributed by atoms with E-state index in [1.54, 1.807) is 0 Å². The molecule has 0 aliphatic carbocycles. The molecule has 0 unspecified atom stereocenters. The van der Waals surface area contributed by atoms with E-state index in [1.165, 1.54) is 5.56 Å². The number of nitrogens with zero attached hydrogens (tertiary/aromatic N) is 1. The van der Waals surface area contributed by atoms with Crippen molar-refractivity contribution in [1.29, 1.82) is 0 Å². The molecule has 0 atom stereocenters. The van der Waals surface area contributed by atoms with Gasteiger partial charge in [0.25, 0.3) is 0 Å². The zero-order valence-electron chi connectivity index (χ0n) is 12.3. The largest absolute Gasteiger partial charge is 0.453 e. The van der Waals surface area contributed by atoms with Gasteiger partial charge >= 0.3 is 0 Å². The number of rotatable bonds is 0. The predicted octanol–water partition coefficient (Wildman–Crippen LogP) is 6.44. The van der Waals surface area contributed by atoms with E-state index in [9.17, 15) is 0 Å². The smallest absolute Gasteiger partial charge is 0.155 e. The molecule has 0 spiro atoms. The summed E-state index contributed by atoms with van der Waals surface area (Å²) in [5.74, 6) is 3.31. The third-order valence-corrected chi connectivity index (χ3v) is 4.64. The summed E-state index contributed by atoms with van der Waals surface area (Å²) >= 11 is 3.52. The molecule has 23 heavy (non-hydrogen) atoms. The van der Waals surface area contributed by atoms with E-state index in [0.717, 1.165) is 44.5 Å². The molecule has 0 N–H and O–H groups in total. The van der Waals surface area contributed by atoms with Gasteiger partial charge in [-0.05, 0) is 55.0 Å². The molecule has 2 aliphatic heterocycles. The Bertz CT molecular complexity index is 968. The second kappa shape index (κ2) is 4.52. The molecule has 0 saturated heterocycles. The second-order valence-corrected chi connectivity index (χ2v) is 6.64. The molecular weight excluding hydrogens is 354 g/mol. The molecule has 3 aromatic carbocycles. The van der Waals surface area contributed by atoms with Crippen molar-refractivity contribution in [3.63, 3.8) is 0 Å². The molecule has 3 nitrogen and oxygen atoms in total. The molecule has 0 bridgehead atoms. The average molecular weight is 366 g/mol. The molecule has 0 radical (unpaired) electrons. The Morgan fingerprint density at radius 3 is 2.39 bits per heavy atom. The van der Waals surface area contributed by atoms with Crippen LogP contribution in [0.15, 0.2) is 59.1 Å². The lowest BCUT2D eigenvalue weighted by Gasteiger charge is -2.37. The van der Waals surface area contributed by atoms with Gasteiger partial charge in [0.2, 0.25) is 0 Å². The lowest BCUT2D eigenvalue weighted by Crippen LogP contribution is -2.20. The van der Waals surface area contributed by atoms with Crippen molar-refractivity contribution in [2.24, 2.45) is 0 Å². The molecule has 4 heteroatoms. The van der Waals surface area contributed by atoms with Crippen molar-refractivity contribution < 1.29 is 9.47 Å². The maximum Gasteiger partial charge on any atom is 0.155 e. The molecule has 112 valence electrons. The van der Waals surface area contributed by atoms with Crippen LogP contribution in [0.25, 0.3) is 0 Å². The monoisotopic (exact) mass is 365 g/mol. The highest BCUT2D eigenvalue weighted by atomic mass is 79.9. The number of fused-ring (bicyclic) bond motifs is 4. The van der Waals surface area contributed by atoms with Gasteiger partial charge in [0.1, 0.15) is 5.69 Å². The highest BCUT2D eigenvalue weighted by Gasteiger charge is 2.34. The minimum absolute atomic E-state index is 0.806. The van der Waals surface area contributed by atoms with Crippen LogP contribution in [-0.4, -0.2) is 0 Å². The maximum atomic E-state index is 6.10. The molecule has 0 amide bonds. The van der Waals surface area contributed by atoms with Gasteiger partial charge in [-0.25, -0.2) is 0 Å². The van der Waals surface area contributed by atoms with Crippen LogP contribution in [0.1, 0.15) is 5.56 Å². The Kier molecular flexibility index (Phi) is 2.56. The Hall–Kier alpha value is -2.46. The molecule has 5 rings (SSSR count). The SMILES string of the molecule is Cc1ccc2c(c1)N1c3ccc(Br)cc3Oc3cccc(c31)O2. The van der Waals surface area contributed by atoms with E-state index >= 15 is 0 Å². The van der Waals surface area contributed by atoms with Crippen molar-refractivity contribution in [2.45, 2.75) is 6.92 Å². The van der Waals surface area contributed by atoms with Crippen LogP contribution >= 0.6 is 15.9 Å². The van der Waals surface area contributed by atoms with Crippen LogP contribution in [0, 0.1) is 6.92 Å². The van der Waals surface area contributed by atoms with Crippen LogP contribution in [0.4, 0.5) is 17.1 Å². The van der Waals surface area contributed by atoms with Gasteiger partial charge in [0.05, 0.1) is 11.4 Å². The fourth-order valence-electron chi connectivity index (χ4n) is 3.14. The maximum absolute atomic E-state index is 6.10. The van der Waals surface area contributed by atoms with Crippen LogP contribution in [0.2, 0.25) is 0 Å². The molecular formula is C19H12BrNO2. The van der Waals surface area contributed by atoms with Crippen LogP contribution < -0.4 is 14.4 Å². The van der Waals surface area contributed by atoms with Gasteiger partial charge in [0.15, 0.2) is 23.0 Å². The molecule has 3 aromatic rings. The molecule has 0 fully saturated rings. The molecule has 2 heterocycles. The first-order valence-corrected chi connectivity index (χ1v) is 8.19. The summed E-state index contributed by atoms with van der Waals surface area (Å²) in [6, 6.07) is 18.2. The number of hydrogen-bond acceptors (Lipinski definition) is 3. The number of anilines is 3. The van der Waals surface area contributed by atoms with Crippen LogP contribution in [-0.2, 0) is 0 Å². The minimum Gasteiger partial charge on any atom is -0.453 e. The standard InChI is InChI=1S/C19H12BrNO2/c1-11-5-8-15-14(9-11)21-13-7-6-12(20)10-18(13)23-17-4-2-3-16(22-15)19(17)21/h2-10H,1H3. The van der Waals surface area contributed by atoms with Crippen molar-refractivity contribution in [3.8, 4) is 23.0 Å². The third-order valence-electron chi connectivity index (χ3n) is 4.14. The zero-order chi connectivity index (χ0) is 15.6. The number of halogens is 1. The third kappa shape index (κ3) is 1.82. The lowest BCUT2D eigenvalue weighted by molar-refractivity contribution is 0.445. The Balaban J connectivity index is 1.85. The van der Waals surface area contributed by atoms with Crippen molar-refractivity contribution in [2.75, 3.05) is 4.90 Å². The van der Waals surface area contributed by atoms with E-state index in [1.807, 2.05) is 36.4 Å². The number of aryl methyl sites for hydroxylation is 1. The summed E-state index contributed by atoms with van der Waals surface area (Å²) < 4.78 is 13.2. The van der Waals surface area contributed by atoms with Gasteiger partial charge in [-0.15, -0.1) is 0 Å². The number of ether oxygens (including phenoxy) is 2. The molecule has 2 aliphatic rings. The second-order valence-electron chi connectivity index (χ2n) is 5.73. The quantitative estimate of drug-likeness (QED) is 0.315. The Morgan fingerprint density at radius 1 is 0.783 bits per heavy atom. The van der Waals surface area contributed by atoms with Crippen molar-refractivity contribution >= 4 is 33.0 Å². The Morgan fingerprint density at radius 2 is 1.57 bits per heavy atom. The van der Waals surface area contributed by atoms with E-state index in [-0.39, 0.29) is 0 Å². The van der Waals surface area contributed by atoms with Gasteiger partial charge in [-0.2, -0.15) is 0 Å². The summed E-state index contributed by atoms with van der Waals surface area (Å²) in [7, 11) is 0. The van der Waals surface area contributed by atoms with Crippen LogP contribution in [0.5, 0.6) is 23.0 Å². The van der Waals surface area contributed by atoms with Gasteiger partial charge < -0.3 is 9.47 Å². The molecule has 0 aromatic heterocycles. The molecule has 0 saturated carbocycles. The highest BCUT2D eigenvalue weighted by Crippen LogP contribution is 2.59. The number of benzene rings is 3. The predicted molar refractivity (Wildman–Crippen MR) is 93.7 cm³/mol. The van der Waals surface area contributed by atoms with E-state index in [0.29, 0.717) is 0 Å². The fraction of sp³-hybridized carbons (Fsp3) is 0.0526. The normalized spacial score (nSPS) is 13.4. The van der Waals surface area contributed by atoms with Crippen molar-refractivity contribution in [1.82, 2.24) is 0 Å². The average Bonchev–Trinajstić information content (AvgIpc) is 2.54. The lowest BCUT2D eigenvalue weighted by atomic mass is 10.1. The van der Waals surface area contributed by atoms with Gasteiger partial charge in [-0.1, -0.05) is 28.1 Å². The fourth-order valence-corrected chi connectivity index (χ4v) is 3.48. The first-order valence-electron chi connectivity index (χ1n) is 7.40. The number of para-hydroxylation sites is 1. The number of hydrogen-bond donors (Lipinski definition) is 0. The van der Waals surface area contributed by atoms with Gasteiger partial charge in [0, 0.05) is 4.47 Å². The topological polar surface area (TPSA) is 21.7 Å². The zero-order valence-corrected chi connectivity index (χ0v) is 13.9. The first-order chi connectivity index (χ1) is 11.2. The first kappa shape index (κ1) is 13.0. The van der Waals surface area contributed by atoms with Gasteiger partial charge in [-0.3, -0.25) is 4.90 Å². The summed E-state index contributed by atoms with van der Waals surface area (Å²) in [4.78, 5) is 2.22. The minimum atomic E-state index is 0.806. The summed E-state index contributed by atoms with van der Waals surface area (Å²) in [5, 5.41) is 0. The van der Waals surface area contributed by atoms with Crippen LogP contribution in [0.3, 0.4) is 0 Å². The highest BCUT2D eigenvalue weighted by molar-refractivity contribution is 9.10. The Labute approximate surface area is 142 Å². The van der Waals surface area contributed by atoms with E-state index in [4.69, 9.17) is 9.47 Å². The summed E-state index contributed by atoms with van der Waals surface area (Å²) in [6.07, 6.45) is 0. The summed E-state index contributed by atoms with van der Waals surface area (Å²) in [5.41, 5.74) is 4.21. The van der Waals surface area contributed by atoms with E-state index < -0.39 is 0 Å².